The van der Waals surface area contributed by atoms with Gasteiger partial charge >= 0.3 is 5.69 Å². The summed E-state index contributed by atoms with van der Waals surface area (Å²) in [6.45, 7) is 1.95. The lowest BCUT2D eigenvalue weighted by Crippen LogP contribution is -2.13. The quantitative estimate of drug-likeness (QED) is 0.634. The molecule has 9 heteroatoms. The second-order valence-electron chi connectivity index (χ2n) is 3.69. The summed E-state index contributed by atoms with van der Waals surface area (Å²) < 4.78 is 0. The van der Waals surface area contributed by atoms with Gasteiger partial charge in [-0.2, -0.15) is 4.98 Å². The first-order valence-corrected chi connectivity index (χ1v) is 6.42. The van der Waals surface area contributed by atoms with Crippen molar-refractivity contribution < 1.29 is 4.92 Å². The van der Waals surface area contributed by atoms with Crippen molar-refractivity contribution in [3.05, 3.63) is 32.9 Å². The number of thiazole rings is 1. The van der Waals surface area contributed by atoms with Crippen LogP contribution in [-0.4, -0.2) is 19.9 Å². The number of nitrogens with two attached hydrogens (primary N) is 1. The monoisotopic (exact) mass is 280 g/mol. The predicted octanol–water partition coefficient (Wildman–Crippen LogP) is 1.99. The van der Waals surface area contributed by atoms with Gasteiger partial charge in [0.05, 0.1) is 11.0 Å². The Morgan fingerprint density at radius 1 is 1.58 bits per heavy atom. The molecule has 2 aromatic rings. The van der Waals surface area contributed by atoms with Gasteiger partial charge in [0, 0.05) is 11.6 Å². The lowest BCUT2D eigenvalue weighted by molar-refractivity contribution is -0.384. The molecule has 1 unspecified atom stereocenters. The zero-order valence-electron chi connectivity index (χ0n) is 10.1. The Hall–Kier alpha value is -2.29. The summed E-state index contributed by atoms with van der Waals surface area (Å²) in [6, 6.07) is -0.145. The van der Waals surface area contributed by atoms with E-state index in [-0.39, 0.29) is 23.5 Å². The lowest BCUT2D eigenvalue weighted by atomic mass is 10.2. The Labute approximate surface area is 112 Å². The van der Waals surface area contributed by atoms with Crippen molar-refractivity contribution in [2.75, 3.05) is 11.1 Å². The van der Waals surface area contributed by atoms with E-state index in [0.717, 1.165) is 11.2 Å². The molecule has 100 valence electrons. The van der Waals surface area contributed by atoms with E-state index in [1.165, 1.54) is 11.3 Å². The van der Waals surface area contributed by atoms with Gasteiger partial charge in [0.2, 0.25) is 11.8 Å². The summed E-state index contributed by atoms with van der Waals surface area (Å²) in [4.78, 5) is 22.1. The van der Waals surface area contributed by atoms with Crippen molar-refractivity contribution >= 4 is 28.8 Å². The zero-order valence-corrected chi connectivity index (χ0v) is 10.9. The van der Waals surface area contributed by atoms with Crippen LogP contribution in [0.25, 0.3) is 0 Å². The minimum atomic E-state index is -0.545. The van der Waals surface area contributed by atoms with E-state index in [1.54, 1.807) is 6.20 Å². The average molecular weight is 280 g/mol. The fourth-order valence-corrected chi connectivity index (χ4v) is 2.31. The highest BCUT2D eigenvalue weighted by Crippen LogP contribution is 2.28. The molecule has 0 bridgehead atoms. The molecule has 2 heterocycles. The zero-order chi connectivity index (χ0) is 13.8. The predicted molar refractivity (Wildman–Crippen MR) is 71.9 cm³/mol. The number of nitro groups is 1. The van der Waals surface area contributed by atoms with E-state index in [0.29, 0.717) is 6.42 Å². The largest absolute Gasteiger partial charge is 0.368 e. The van der Waals surface area contributed by atoms with Crippen LogP contribution in [0.15, 0.2) is 17.8 Å². The molecule has 2 rings (SSSR count). The van der Waals surface area contributed by atoms with E-state index in [1.807, 2.05) is 12.3 Å². The standard InChI is InChI=1S/C10H12N6O2S/c1-2-6(9-12-3-4-19-9)14-8-7(16(17)18)5-13-10(11)15-8/h3-6H,2H2,1H3,(H3,11,13,14,15). The lowest BCUT2D eigenvalue weighted by Gasteiger charge is -2.14. The highest BCUT2D eigenvalue weighted by Gasteiger charge is 2.21. The minimum absolute atomic E-state index is 0.0120. The van der Waals surface area contributed by atoms with Gasteiger partial charge < -0.3 is 11.1 Å². The van der Waals surface area contributed by atoms with Crippen molar-refractivity contribution in [3.8, 4) is 0 Å². The second kappa shape index (κ2) is 5.57. The van der Waals surface area contributed by atoms with Crippen LogP contribution in [0, 0.1) is 10.1 Å². The molecule has 0 aliphatic carbocycles. The summed E-state index contributed by atoms with van der Waals surface area (Å²) in [6.07, 6.45) is 3.50. The summed E-state index contributed by atoms with van der Waals surface area (Å²) in [5.74, 6) is 0.0987. The summed E-state index contributed by atoms with van der Waals surface area (Å²) in [7, 11) is 0. The maximum atomic E-state index is 10.9. The summed E-state index contributed by atoms with van der Waals surface area (Å²) >= 11 is 1.48. The molecule has 2 aromatic heterocycles. The van der Waals surface area contributed by atoms with Gasteiger partial charge in [0.15, 0.2) is 0 Å². The number of nitrogens with zero attached hydrogens (tertiary/aromatic N) is 4. The van der Waals surface area contributed by atoms with Crippen LogP contribution in [0.3, 0.4) is 0 Å². The number of nitrogens with one attached hydrogen (secondary N) is 1. The first-order valence-electron chi connectivity index (χ1n) is 5.54. The van der Waals surface area contributed by atoms with Crippen LogP contribution in [-0.2, 0) is 0 Å². The van der Waals surface area contributed by atoms with Crippen LogP contribution in [0.4, 0.5) is 17.5 Å². The minimum Gasteiger partial charge on any atom is -0.368 e. The molecule has 0 saturated heterocycles. The van der Waals surface area contributed by atoms with Crippen molar-refractivity contribution in [3.63, 3.8) is 0 Å². The maximum absolute atomic E-state index is 10.9. The fraction of sp³-hybridized carbons (Fsp3) is 0.300. The third-order valence-electron chi connectivity index (χ3n) is 2.45. The topological polar surface area (TPSA) is 120 Å². The molecule has 3 N–H and O–H groups in total. The molecule has 8 nitrogen and oxygen atoms in total. The smallest absolute Gasteiger partial charge is 0.329 e. The normalized spacial score (nSPS) is 12.1. The van der Waals surface area contributed by atoms with Crippen molar-refractivity contribution in [1.82, 2.24) is 15.0 Å². The molecule has 19 heavy (non-hydrogen) atoms. The van der Waals surface area contributed by atoms with Crippen molar-refractivity contribution in [2.24, 2.45) is 0 Å². The third kappa shape index (κ3) is 2.94. The molecule has 0 fully saturated rings. The Kier molecular flexibility index (Phi) is 3.85. The molecule has 0 spiro atoms. The van der Waals surface area contributed by atoms with Crippen molar-refractivity contribution in [2.45, 2.75) is 19.4 Å². The van der Waals surface area contributed by atoms with Crippen LogP contribution in [0.1, 0.15) is 24.4 Å². The van der Waals surface area contributed by atoms with E-state index >= 15 is 0 Å². The van der Waals surface area contributed by atoms with Gasteiger partial charge in [-0.3, -0.25) is 10.1 Å². The molecular weight excluding hydrogens is 268 g/mol. The van der Waals surface area contributed by atoms with Gasteiger partial charge in [-0.1, -0.05) is 6.92 Å². The molecule has 0 saturated carbocycles. The number of aromatic nitrogens is 3. The van der Waals surface area contributed by atoms with Crippen LogP contribution in [0.5, 0.6) is 0 Å². The van der Waals surface area contributed by atoms with Gasteiger partial charge in [-0.15, -0.1) is 11.3 Å². The van der Waals surface area contributed by atoms with E-state index in [9.17, 15) is 10.1 Å². The highest BCUT2D eigenvalue weighted by atomic mass is 32.1. The number of hydrogen-bond donors (Lipinski definition) is 2. The number of anilines is 2. The molecule has 0 amide bonds. The van der Waals surface area contributed by atoms with E-state index in [2.05, 4.69) is 20.3 Å². The summed E-state index contributed by atoms with van der Waals surface area (Å²) in [5.41, 5.74) is 5.26. The SMILES string of the molecule is CCC(Nc1nc(N)ncc1[N+](=O)[O-])c1nccs1. The Balaban J connectivity index is 2.31. The first-order chi connectivity index (χ1) is 9.11. The van der Waals surface area contributed by atoms with Gasteiger partial charge in [0.1, 0.15) is 11.2 Å². The summed E-state index contributed by atoms with van der Waals surface area (Å²) in [5, 5.41) is 16.6. The first kappa shape index (κ1) is 13.1. The molecule has 0 aliphatic rings. The van der Waals surface area contributed by atoms with Gasteiger partial charge in [-0.25, -0.2) is 9.97 Å². The van der Waals surface area contributed by atoms with E-state index in [4.69, 9.17) is 5.73 Å². The Morgan fingerprint density at radius 2 is 2.37 bits per heavy atom. The van der Waals surface area contributed by atoms with Crippen LogP contribution in [0.2, 0.25) is 0 Å². The number of hydrogen-bond acceptors (Lipinski definition) is 8. The molecule has 1 atom stereocenters. The highest BCUT2D eigenvalue weighted by molar-refractivity contribution is 7.09. The number of nitrogen functional groups attached to an aromatic ring is 1. The fourth-order valence-electron chi connectivity index (χ4n) is 1.54. The van der Waals surface area contributed by atoms with E-state index < -0.39 is 4.92 Å². The Bertz CT molecular complexity index is 573. The average Bonchev–Trinajstić information content (AvgIpc) is 2.89. The Morgan fingerprint density at radius 3 is 2.95 bits per heavy atom. The second-order valence-corrected chi connectivity index (χ2v) is 4.62. The maximum Gasteiger partial charge on any atom is 0.329 e. The molecule has 0 radical (unpaired) electrons. The van der Waals surface area contributed by atoms with Crippen LogP contribution >= 0.6 is 11.3 Å². The van der Waals surface area contributed by atoms with Gasteiger partial charge in [0.25, 0.3) is 0 Å². The molecule has 0 aliphatic heterocycles. The van der Waals surface area contributed by atoms with Gasteiger partial charge in [-0.05, 0) is 6.42 Å². The number of rotatable bonds is 5. The van der Waals surface area contributed by atoms with Crippen LogP contribution < -0.4 is 11.1 Å². The molecule has 0 aromatic carbocycles. The third-order valence-corrected chi connectivity index (χ3v) is 3.34. The van der Waals surface area contributed by atoms with Crippen molar-refractivity contribution in [1.29, 1.82) is 0 Å². The molecular formula is C10H12N6O2S.